The van der Waals surface area contributed by atoms with Crippen molar-refractivity contribution in [2.75, 3.05) is 25.9 Å². The Labute approximate surface area is 127 Å². The molecule has 1 fully saturated rings. The summed E-state index contributed by atoms with van der Waals surface area (Å²) in [4.78, 5) is 23.8. The molecule has 3 amide bonds. The molecule has 8 nitrogen and oxygen atoms in total. The summed E-state index contributed by atoms with van der Waals surface area (Å²) in [6, 6.07) is -0.527. The van der Waals surface area contributed by atoms with Crippen LogP contribution in [0.5, 0.6) is 0 Å². The van der Waals surface area contributed by atoms with Gasteiger partial charge in [-0.05, 0) is 19.3 Å². The number of imide groups is 1. The van der Waals surface area contributed by atoms with Crippen LogP contribution in [-0.2, 0) is 11.3 Å². The Hall–Kier alpha value is -1.61. The quantitative estimate of drug-likeness (QED) is 0.614. The highest BCUT2D eigenvalue weighted by atomic mass is 32.2. The molecule has 116 valence electrons. The smallest absolute Gasteiger partial charge is 0.321 e. The first-order valence-electron chi connectivity index (χ1n) is 6.97. The summed E-state index contributed by atoms with van der Waals surface area (Å²) in [5, 5.41) is 12.7. The summed E-state index contributed by atoms with van der Waals surface area (Å²) in [5.41, 5.74) is 0. The van der Waals surface area contributed by atoms with E-state index in [0.29, 0.717) is 11.1 Å². The van der Waals surface area contributed by atoms with Gasteiger partial charge in [0.25, 0.3) is 11.1 Å². The van der Waals surface area contributed by atoms with Gasteiger partial charge in [0.15, 0.2) is 6.54 Å². The Morgan fingerprint density at radius 1 is 1.29 bits per heavy atom. The number of piperidine rings is 1. The van der Waals surface area contributed by atoms with Gasteiger partial charge in [0.2, 0.25) is 5.91 Å². The highest BCUT2D eigenvalue weighted by molar-refractivity contribution is 7.99. The number of thioether (sulfide) groups is 1. The third-order valence-corrected chi connectivity index (χ3v) is 4.04. The van der Waals surface area contributed by atoms with Crippen LogP contribution in [0.2, 0.25) is 0 Å². The maximum absolute atomic E-state index is 11.4. The van der Waals surface area contributed by atoms with Crippen LogP contribution in [0, 0.1) is 0 Å². The minimum Gasteiger partial charge on any atom is -0.410 e. The van der Waals surface area contributed by atoms with Gasteiger partial charge in [-0.2, -0.15) is 0 Å². The average Bonchev–Trinajstić information content (AvgIpc) is 2.93. The zero-order valence-corrected chi connectivity index (χ0v) is 12.8. The normalized spacial score (nSPS) is 15.7. The van der Waals surface area contributed by atoms with Gasteiger partial charge in [0.1, 0.15) is 0 Å². The highest BCUT2D eigenvalue weighted by Gasteiger charge is 2.18. The lowest BCUT2D eigenvalue weighted by atomic mass is 10.1. The lowest BCUT2D eigenvalue weighted by Crippen LogP contribution is -3.11. The van der Waals surface area contributed by atoms with Crippen molar-refractivity contribution < 1.29 is 18.9 Å². The topological polar surface area (TPSA) is 102 Å². The number of nitrogens with one attached hydrogen (secondary N) is 3. The minimum atomic E-state index is -0.527. The Morgan fingerprint density at radius 3 is 2.76 bits per heavy atom. The van der Waals surface area contributed by atoms with Crippen LogP contribution in [-0.4, -0.2) is 48.0 Å². The summed E-state index contributed by atoms with van der Waals surface area (Å²) in [6.45, 7) is 3.01. The maximum Gasteiger partial charge on any atom is 0.321 e. The molecule has 0 aromatic carbocycles. The first-order valence-corrected chi connectivity index (χ1v) is 7.96. The first kappa shape index (κ1) is 15.8. The number of quaternary nitrogens is 1. The van der Waals surface area contributed by atoms with E-state index in [1.807, 2.05) is 0 Å². The summed E-state index contributed by atoms with van der Waals surface area (Å²) >= 11 is 1.12. The van der Waals surface area contributed by atoms with Crippen molar-refractivity contribution in [1.29, 1.82) is 0 Å². The second-order valence-corrected chi connectivity index (χ2v) is 5.79. The number of aromatic nitrogens is 2. The van der Waals surface area contributed by atoms with Gasteiger partial charge < -0.3 is 14.6 Å². The third-order valence-electron chi connectivity index (χ3n) is 3.22. The largest absolute Gasteiger partial charge is 0.410 e. The van der Waals surface area contributed by atoms with Crippen molar-refractivity contribution in [1.82, 2.24) is 20.8 Å². The molecule has 0 atom stereocenters. The molecule has 0 radical (unpaired) electrons. The van der Waals surface area contributed by atoms with Crippen molar-refractivity contribution in [2.24, 2.45) is 0 Å². The highest BCUT2D eigenvalue weighted by Crippen LogP contribution is 2.15. The molecule has 2 heterocycles. The van der Waals surface area contributed by atoms with Gasteiger partial charge in [-0.3, -0.25) is 10.1 Å². The molecular weight excluding hydrogens is 294 g/mol. The Morgan fingerprint density at radius 2 is 2.05 bits per heavy atom. The fourth-order valence-corrected chi connectivity index (χ4v) is 2.74. The second kappa shape index (κ2) is 7.99. The van der Waals surface area contributed by atoms with E-state index in [0.717, 1.165) is 31.4 Å². The molecule has 0 unspecified atom stereocenters. The summed E-state index contributed by atoms with van der Waals surface area (Å²) in [6.07, 6.45) is 3.78. The zero-order valence-electron chi connectivity index (χ0n) is 12.0. The van der Waals surface area contributed by atoms with Gasteiger partial charge >= 0.3 is 6.03 Å². The van der Waals surface area contributed by atoms with E-state index >= 15 is 0 Å². The predicted molar refractivity (Wildman–Crippen MR) is 75.9 cm³/mol. The number of urea groups is 1. The zero-order chi connectivity index (χ0) is 15.1. The SMILES string of the molecule is CNC(=O)NC(=O)CSc1nnc(C[NH+]2CCCCC2)o1. The Kier molecular flexibility index (Phi) is 6.00. The van der Waals surface area contributed by atoms with Crippen molar-refractivity contribution >= 4 is 23.7 Å². The first-order chi connectivity index (χ1) is 10.2. The molecule has 3 N–H and O–H groups in total. The molecular formula is C12H20N5O3S+. The van der Waals surface area contributed by atoms with E-state index in [1.54, 1.807) is 0 Å². The van der Waals surface area contributed by atoms with Crippen LogP contribution in [0.15, 0.2) is 9.64 Å². The van der Waals surface area contributed by atoms with Crippen molar-refractivity contribution in [2.45, 2.75) is 31.0 Å². The number of likely N-dealkylation sites (tertiary alicyclic amines) is 1. The van der Waals surface area contributed by atoms with Gasteiger partial charge in [-0.15, -0.1) is 10.2 Å². The maximum atomic E-state index is 11.4. The summed E-state index contributed by atoms with van der Waals surface area (Å²) in [5.74, 6) is 0.257. The van der Waals surface area contributed by atoms with E-state index in [2.05, 4.69) is 20.8 Å². The molecule has 0 aliphatic carbocycles. The molecule has 1 aromatic heterocycles. The van der Waals surface area contributed by atoms with Gasteiger partial charge in [-0.25, -0.2) is 4.79 Å². The van der Waals surface area contributed by atoms with Gasteiger partial charge in [0, 0.05) is 7.05 Å². The molecule has 0 saturated carbocycles. The van der Waals surface area contributed by atoms with Gasteiger partial charge in [-0.1, -0.05) is 11.8 Å². The molecule has 1 aromatic rings. The molecule has 2 rings (SSSR count). The third kappa shape index (κ3) is 5.35. The lowest BCUT2D eigenvalue weighted by molar-refractivity contribution is -0.919. The number of amides is 3. The van der Waals surface area contributed by atoms with Crippen molar-refractivity contribution in [3.63, 3.8) is 0 Å². The number of nitrogens with zero attached hydrogens (tertiary/aromatic N) is 2. The number of carbonyl (C=O) groups is 2. The number of hydrogen-bond donors (Lipinski definition) is 3. The average molecular weight is 314 g/mol. The van der Waals surface area contributed by atoms with E-state index in [9.17, 15) is 9.59 Å². The molecule has 1 aliphatic heterocycles. The second-order valence-electron chi connectivity index (χ2n) is 4.87. The molecule has 1 saturated heterocycles. The predicted octanol–water partition coefficient (Wildman–Crippen LogP) is -0.814. The van der Waals surface area contributed by atoms with Crippen LogP contribution in [0.4, 0.5) is 4.79 Å². The number of hydrogen-bond acceptors (Lipinski definition) is 6. The number of rotatable bonds is 5. The Bertz CT molecular complexity index is 487. The van der Waals surface area contributed by atoms with Crippen LogP contribution in [0.25, 0.3) is 0 Å². The van der Waals surface area contributed by atoms with E-state index in [1.165, 1.54) is 31.2 Å². The molecule has 21 heavy (non-hydrogen) atoms. The van der Waals surface area contributed by atoms with Crippen molar-refractivity contribution in [3.8, 4) is 0 Å². The monoisotopic (exact) mass is 314 g/mol. The van der Waals surface area contributed by atoms with E-state index in [4.69, 9.17) is 4.42 Å². The van der Waals surface area contributed by atoms with E-state index in [-0.39, 0.29) is 5.75 Å². The summed E-state index contributed by atoms with van der Waals surface area (Å²) < 4.78 is 5.51. The summed E-state index contributed by atoms with van der Waals surface area (Å²) in [7, 11) is 1.45. The lowest BCUT2D eigenvalue weighted by Gasteiger charge is -2.21. The standard InChI is InChI=1S/C12H19N5O3S/c1-13-11(19)14-9(18)8-21-12-16-15-10(20-12)7-17-5-3-2-4-6-17/h2-8H2,1H3,(H2,13,14,18,19)/p+1. The molecule has 1 aliphatic rings. The molecule has 0 bridgehead atoms. The van der Waals surface area contributed by atoms with E-state index < -0.39 is 11.9 Å². The van der Waals surface area contributed by atoms with Gasteiger partial charge in [0.05, 0.1) is 18.8 Å². The van der Waals surface area contributed by atoms with Crippen LogP contribution in [0.3, 0.4) is 0 Å². The minimum absolute atomic E-state index is 0.0611. The van der Waals surface area contributed by atoms with Crippen LogP contribution < -0.4 is 15.5 Å². The Balaban J connectivity index is 1.74. The molecule has 9 heteroatoms. The van der Waals surface area contributed by atoms with Crippen LogP contribution >= 0.6 is 11.8 Å². The fourth-order valence-electron chi connectivity index (χ4n) is 2.16. The number of carbonyl (C=O) groups excluding carboxylic acids is 2. The van der Waals surface area contributed by atoms with Crippen molar-refractivity contribution in [3.05, 3.63) is 5.89 Å². The fraction of sp³-hybridized carbons (Fsp3) is 0.667. The molecule has 0 spiro atoms. The van der Waals surface area contributed by atoms with Crippen LogP contribution in [0.1, 0.15) is 25.2 Å².